The molecule has 1 heteroatoms. The summed E-state index contributed by atoms with van der Waals surface area (Å²) in [5.41, 5.74) is 5.06. The van der Waals surface area contributed by atoms with Crippen LogP contribution in [0.25, 0.3) is 0 Å². The van der Waals surface area contributed by atoms with Crippen LogP contribution < -0.4 is 4.74 Å². The van der Waals surface area contributed by atoms with Gasteiger partial charge in [0.05, 0.1) is 7.11 Å². The Hall–Kier alpha value is -1.68. The van der Waals surface area contributed by atoms with Gasteiger partial charge in [-0.3, -0.25) is 0 Å². The Morgan fingerprint density at radius 3 is 2.70 bits per heavy atom. The van der Waals surface area contributed by atoms with Crippen LogP contribution in [-0.2, 0) is 0 Å². The Kier molecular flexibility index (Phi) is 4.81. The van der Waals surface area contributed by atoms with Crippen LogP contribution in [0.15, 0.2) is 35.4 Å². The first-order valence-corrected chi connectivity index (χ1v) is 8.93. The molecule has 0 saturated carbocycles. The number of hydrogen-bond acceptors (Lipinski definition) is 1. The van der Waals surface area contributed by atoms with E-state index in [0.717, 1.165) is 23.7 Å². The molecule has 3 rings (SSSR count). The van der Waals surface area contributed by atoms with Crippen molar-refractivity contribution in [2.24, 2.45) is 11.3 Å². The van der Waals surface area contributed by atoms with Crippen LogP contribution in [0.2, 0.25) is 0 Å². The van der Waals surface area contributed by atoms with Gasteiger partial charge in [0.1, 0.15) is 5.75 Å². The molecular weight excluding hydrogens is 280 g/mol. The number of methoxy groups -OCH3 is 1. The molecule has 0 saturated heterocycles. The van der Waals surface area contributed by atoms with Crippen LogP contribution in [0, 0.1) is 23.2 Å². The highest BCUT2D eigenvalue weighted by Crippen LogP contribution is 2.48. The van der Waals surface area contributed by atoms with Gasteiger partial charge in [-0.2, -0.15) is 0 Å². The third-order valence-corrected chi connectivity index (χ3v) is 5.58. The summed E-state index contributed by atoms with van der Waals surface area (Å²) < 4.78 is 5.19. The Labute approximate surface area is 141 Å². The van der Waals surface area contributed by atoms with Gasteiger partial charge in [0, 0.05) is 12.0 Å². The number of hydrogen-bond donors (Lipinski definition) is 0. The van der Waals surface area contributed by atoms with E-state index in [-0.39, 0.29) is 0 Å². The molecule has 0 aliphatic heterocycles. The molecule has 2 aliphatic rings. The zero-order valence-corrected chi connectivity index (χ0v) is 14.7. The fourth-order valence-electron chi connectivity index (χ4n) is 4.14. The predicted octanol–water partition coefficient (Wildman–Crippen LogP) is 5.74. The number of benzene rings is 1. The van der Waals surface area contributed by atoms with Crippen molar-refractivity contribution >= 4 is 0 Å². The van der Waals surface area contributed by atoms with Crippen molar-refractivity contribution in [3.8, 4) is 17.6 Å². The van der Waals surface area contributed by atoms with E-state index in [4.69, 9.17) is 4.74 Å². The van der Waals surface area contributed by atoms with Gasteiger partial charge in [0.15, 0.2) is 0 Å². The van der Waals surface area contributed by atoms with Gasteiger partial charge >= 0.3 is 0 Å². The molecule has 1 atom stereocenters. The van der Waals surface area contributed by atoms with E-state index in [2.05, 4.69) is 25.7 Å². The summed E-state index contributed by atoms with van der Waals surface area (Å²) in [7, 11) is 1.69. The first-order valence-electron chi connectivity index (χ1n) is 8.93. The maximum atomic E-state index is 5.19. The lowest BCUT2D eigenvalue weighted by Crippen LogP contribution is -2.26. The zero-order chi connectivity index (χ0) is 16.3. The van der Waals surface area contributed by atoms with E-state index >= 15 is 0 Å². The van der Waals surface area contributed by atoms with Gasteiger partial charge in [0.25, 0.3) is 0 Å². The van der Waals surface area contributed by atoms with Gasteiger partial charge in [-0.05, 0) is 74.1 Å². The van der Waals surface area contributed by atoms with Crippen LogP contribution in [0.4, 0.5) is 0 Å². The topological polar surface area (TPSA) is 9.23 Å². The smallest absolute Gasteiger partial charge is 0.118 e. The lowest BCUT2D eigenvalue weighted by Gasteiger charge is -2.40. The van der Waals surface area contributed by atoms with Gasteiger partial charge in [0.2, 0.25) is 0 Å². The molecule has 0 amide bonds. The maximum Gasteiger partial charge on any atom is 0.118 e. The van der Waals surface area contributed by atoms with Crippen molar-refractivity contribution in [2.75, 3.05) is 7.11 Å². The molecule has 0 bridgehead atoms. The van der Waals surface area contributed by atoms with E-state index < -0.39 is 0 Å². The summed E-state index contributed by atoms with van der Waals surface area (Å²) in [5.74, 6) is 8.37. The summed E-state index contributed by atoms with van der Waals surface area (Å²) in [4.78, 5) is 0. The minimum Gasteiger partial charge on any atom is -0.497 e. The first-order chi connectivity index (χ1) is 11.1. The Bertz CT molecular complexity index is 637. The van der Waals surface area contributed by atoms with E-state index in [1.54, 1.807) is 18.3 Å². The molecule has 0 N–H and O–H groups in total. The second kappa shape index (κ2) is 6.83. The highest BCUT2D eigenvalue weighted by Gasteiger charge is 2.33. The van der Waals surface area contributed by atoms with E-state index in [1.165, 1.54) is 38.5 Å². The third kappa shape index (κ3) is 3.81. The Morgan fingerprint density at radius 1 is 1.17 bits per heavy atom. The molecule has 1 unspecified atom stereocenters. The van der Waals surface area contributed by atoms with Crippen molar-refractivity contribution in [3.63, 3.8) is 0 Å². The molecule has 1 aromatic carbocycles. The molecule has 0 fully saturated rings. The SMILES string of the molecule is COc1ccc(C#CCC2CCC3=C(C2)C(C)(C)CCC3)cc1. The minimum absolute atomic E-state index is 0.426. The van der Waals surface area contributed by atoms with Gasteiger partial charge < -0.3 is 4.74 Å². The molecule has 0 heterocycles. The predicted molar refractivity (Wildman–Crippen MR) is 96.5 cm³/mol. The summed E-state index contributed by atoms with van der Waals surface area (Å²) in [6, 6.07) is 8.04. The molecule has 0 radical (unpaired) electrons. The second-order valence-electron chi connectivity index (χ2n) is 7.66. The quantitative estimate of drug-likeness (QED) is 0.500. The standard InChI is InChI=1S/C22H28O/c1-22(2)15-5-8-19-12-9-18(16-21(19)22)7-4-6-17-10-13-20(23-3)14-11-17/h10-11,13-14,18H,5,7-9,12,15-16H2,1-3H3. The molecule has 1 nitrogen and oxygen atoms in total. The molecule has 2 aliphatic carbocycles. The molecule has 0 aromatic heterocycles. The van der Waals surface area contributed by atoms with Crippen molar-refractivity contribution in [1.29, 1.82) is 0 Å². The largest absolute Gasteiger partial charge is 0.497 e. The first kappa shape index (κ1) is 16.2. The third-order valence-electron chi connectivity index (χ3n) is 5.58. The Balaban J connectivity index is 1.62. The van der Waals surface area contributed by atoms with Gasteiger partial charge in [-0.25, -0.2) is 0 Å². The van der Waals surface area contributed by atoms with Crippen LogP contribution in [0.3, 0.4) is 0 Å². The fraction of sp³-hybridized carbons (Fsp3) is 0.545. The average molecular weight is 308 g/mol. The van der Waals surface area contributed by atoms with Crippen LogP contribution in [-0.4, -0.2) is 7.11 Å². The summed E-state index contributed by atoms with van der Waals surface area (Å²) in [6.07, 6.45) is 9.03. The summed E-state index contributed by atoms with van der Waals surface area (Å²) >= 11 is 0. The number of ether oxygens (including phenoxy) is 1. The normalized spacial score (nSPS) is 22.8. The fourth-order valence-corrected chi connectivity index (χ4v) is 4.14. The maximum absolute atomic E-state index is 5.19. The van der Waals surface area contributed by atoms with Gasteiger partial charge in [-0.1, -0.05) is 36.8 Å². The van der Waals surface area contributed by atoms with Crippen LogP contribution in [0.5, 0.6) is 5.75 Å². The van der Waals surface area contributed by atoms with Crippen LogP contribution >= 0.6 is 0 Å². The van der Waals surface area contributed by atoms with Crippen LogP contribution in [0.1, 0.15) is 64.4 Å². The Morgan fingerprint density at radius 2 is 1.96 bits per heavy atom. The van der Waals surface area contributed by atoms with Crippen molar-refractivity contribution in [2.45, 2.75) is 58.8 Å². The molecular formula is C22H28O. The lowest BCUT2D eigenvalue weighted by atomic mass is 9.65. The van der Waals surface area contributed by atoms with Gasteiger partial charge in [-0.15, -0.1) is 0 Å². The van der Waals surface area contributed by atoms with Crippen molar-refractivity contribution < 1.29 is 4.74 Å². The molecule has 122 valence electrons. The highest BCUT2D eigenvalue weighted by molar-refractivity contribution is 5.38. The summed E-state index contributed by atoms with van der Waals surface area (Å²) in [5, 5.41) is 0. The zero-order valence-electron chi connectivity index (χ0n) is 14.7. The number of allylic oxidation sites excluding steroid dienone is 2. The van der Waals surface area contributed by atoms with E-state index in [0.29, 0.717) is 5.41 Å². The molecule has 23 heavy (non-hydrogen) atoms. The van der Waals surface area contributed by atoms with E-state index in [1.807, 2.05) is 24.3 Å². The highest BCUT2D eigenvalue weighted by atomic mass is 16.5. The minimum atomic E-state index is 0.426. The second-order valence-corrected chi connectivity index (χ2v) is 7.66. The van der Waals surface area contributed by atoms with Crippen molar-refractivity contribution in [3.05, 3.63) is 41.0 Å². The number of rotatable bonds is 2. The van der Waals surface area contributed by atoms with E-state index in [9.17, 15) is 0 Å². The monoisotopic (exact) mass is 308 g/mol. The average Bonchev–Trinajstić information content (AvgIpc) is 2.56. The summed E-state index contributed by atoms with van der Waals surface area (Å²) in [6.45, 7) is 4.87. The van der Waals surface area contributed by atoms with Crippen molar-refractivity contribution in [1.82, 2.24) is 0 Å². The molecule has 0 spiro atoms. The lowest BCUT2D eigenvalue weighted by molar-refractivity contribution is 0.305. The molecule has 1 aromatic rings.